The Morgan fingerprint density at radius 3 is 2.09 bits per heavy atom. The quantitative estimate of drug-likeness (QED) is 0.0551. The zero-order chi connectivity index (χ0) is 31.4. The fourth-order valence-corrected chi connectivity index (χ4v) is 4.46. The maximum atomic E-state index is 13.7. The fraction of sp³-hybridized carbons (Fsp3) is 0.345. The van der Waals surface area contributed by atoms with Crippen LogP contribution in [0.1, 0.15) is 24.0 Å². The number of carboxylic acid groups (broad SMARTS) is 1. The van der Waals surface area contributed by atoms with E-state index in [4.69, 9.17) is 17.2 Å². The second-order valence-electron chi connectivity index (χ2n) is 10.0. The zero-order valence-electron chi connectivity index (χ0n) is 23.5. The van der Waals surface area contributed by atoms with E-state index in [9.17, 15) is 29.4 Å². The molecule has 3 rings (SSSR count). The smallest absolute Gasteiger partial charge is 0.326 e. The van der Waals surface area contributed by atoms with Crippen LogP contribution in [0.5, 0.6) is 0 Å². The number of nitrogens with one attached hydrogen (secondary N) is 4. The molecule has 0 fully saturated rings. The fourth-order valence-electron chi connectivity index (χ4n) is 4.46. The summed E-state index contributed by atoms with van der Waals surface area (Å²) in [6.45, 7) is -0.455. The standard InChI is InChI=1S/C29H38N8O6/c30-20(16-38)25(39)36-24(14-18-15-34-21-10-5-4-9-19(18)21)27(41)37-23(13-17-7-2-1-3-8-17)26(40)35-22(28(42)43)11-6-12-33-29(31)32/h1-5,7-10,15,20,22-24,34,38H,6,11-14,16,30H2,(H,35,40)(H,36,39)(H,37,41)(H,42,43)(H4,31,32,33). The molecule has 1 heterocycles. The third-order valence-corrected chi connectivity index (χ3v) is 6.74. The molecule has 43 heavy (non-hydrogen) atoms. The number of amides is 3. The number of aliphatic imine (C=N–C) groups is 1. The lowest BCUT2D eigenvalue weighted by atomic mass is 10.0. The van der Waals surface area contributed by atoms with Gasteiger partial charge in [-0.2, -0.15) is 0 Å². The molecule has 3 aromatic rings. The van der Waals surface area contributed by atoms with Gasteiger partial charge >= 0.3 is 5.97 Å². The van der Waals surface area contributed by atoms with Crippen molar-refractivity contribution in [1.29, 1.82) is 0 Å². The average Bonchev–Trinajstić information content (AvgIpc) is 3.40. The molecule has 0 bridgehead atoms. The third kappa shape index (κ3) is 9.83. The van der Waals surface area contributed by atoms with E-state index in [-0.39, 0.29) is 38.2 Å². The lowest BCUT2D eigenvalue weighted by Crippen LogP contribution is -2.58. The summed E-state index contributed by atoms with van der Waals surface area (Å²) in [5, 5.41) is 27.7. The highest BCUT2D eigenvalue weighted by Crippen LogP contribution is 2.19. The molecule has 14 heteroatoms. The lowest BCUT2D eigenvalue weighted by molar-refractivity contribution is -0.142. The van der Waals surface area contributed by atoms with E-state index in [0.29, 0.717) is 5.56 Å². The number of aliphatic hydroxyl groups excluding tert-OH is 1. The third-order valence-electron chi connectivity index (χ3n) is 6.74. The van der Waals surface area contributed by atoms with Crippen LogP contribution >= 0.6 is 0 Å². The number of aliphatic carboxylic acids is 1. The SMILES string of the molecule is NC(N)=NCCCC(NC(=O)C(Cc1ccccc1)NC(=O)C(Cc1c[nH]c2ccccc12)NC(=O)C(N)CO)C(=O)O. The van der Waals surface area contributed by atoms with Gasteiger partial charge < -0.3 is 48.3 Å². The number of aromatic nitrogens is 1. The van der Waals surface area contributed by atoms with Crippen molar-refractivity contribution in [1.82, 2.24) is 20.9 Å². The van der Waals surface area contributed by atoms with Crippen molar-refractivity contribution in [3.8, 4) is 0 Å². The van der Waals surface area contributed by atoms with Crippen molar-refractivity contribution in [2.45, 2.75) is 49.9 Å². The second-order valence-corrected chi connectivity index (χ2v) is 10.0. The molecule has 230 valence electrons. The largest absolute Gasteiger partial charge is 0.480 e. The van der Waals surface area contributed by atoms with Crippen LogP contribution in [0.4, 0.5) is 0 Å². The number of H-pyrrole nitrogens is 1. The molecular weight excluding hydrogens is 556 g/mol. The van der Waals surface area contributed by atoms with E-state index >= 15 is 0 Å². The number of carboxylic acids is 1. The van der Waals surface area contributed by atoms with E-state index in [2.05, 4.69) is 25.9 Å². The first-order valence-corrected chi connectivity index (χ1v) is 13.7. The van der Waals surface area contributed by atoms with Gasteiger partial charge in [0.2, 0.25) is 17.7 Å². The van der Waals surface area contributed by atoms with Crippen LogP contribution in [0.25, 0.3) is 10.9 Å². The molecule has 1 aromatic heterocycles. The lowest BCUT2D eigenvalue weighted by Gasteiger charge is -2.25. The number of fused-ring (bicyclic) bond motifs is 1. The summed E-state index contributed by atoms with van der Waals surface area (Å²) in [6.07, 6.45) is 2.14. The summed E-state index contributed by atoms with van der Waals surface area (Å²) in [5.41, 5.74) is 18.6. The monoisotopic (exact) mass is 594 g/mol. The number of aliphatic hydroxyl groups is 1. The Morgan fingerprint density at radius 2 is 1.44 bits per heavy atom. The minimum absolute atomic E-state index is 0.0436. The van der Waals surface area contributed by atoms with Gasteiger partial charge in [0, 0.05) is 36.5 Å². The molecule has 0 saturated heterocycles. The number of carbonyl (C=O) groups is 4. The van der Waals surface area contributed by atoms with Gasteiger partial charge in [0.05, 0.1) is 6.61 Å². The molecule has 0 aliphatic heterocycles. The van der Waals surface area contributed by atoms with E-state index in [1.807, 2.05) is 24.3 Å². The van der Waals surface area contributed by atoms with E-state index < -0.39 is 54.5 Å². The number of rotatable bonds is 16. The first-order chi connectivity index (χ1) is 20.6. The Balaban J connectivity index is 1.84. The highest BCUT2D eigenvalue weighted by atomic mass is 16.4. The zero-order valence-corrected chi connectivity index (χ0v) is 23.5. The number of aromatic amines is 1. The predicted octanol–water partition coefficient (Wildman–Crippen LogP) is -1.13. The molecule has 0 aliphatic carbocycles. The van der Waals surface area contributed by atoms with Gasteiger partial charge in [0.1, 0.15) is 24.2 Å². The topological polar surface area (TPSA) is 251 Å². The molecule has 4 atom stereocenters. The molecule has 3 amide bonds. The Morgan fingerprint density at radius 1 is 0.837 bits per heavy atom. The number of para-hydroxylation sites is 1. The van der Waals surface area contributed by atoms with Crippen molar-refractivity contribution in [3.63, 3.8) is 0 Å². The van der Waals surface area contributed by atoms with Crippen molar-refractivity contribution in [3.05, 3.63) is 71.9 Å². The van der Waals surface area contributed by atoms with Gasteiger partial charge in [0.15, 0.2) is 5.96 Å². The second kappa shape index (κ2) is 15.9. The van der Waals surface area contributed by atoms with Crippen LogP contribution in [0.3, 0.4) is 0 Å². The van der Waals surface area contributed by atoms with Crippen molar-refractivity contribution >= 4 is 40.6 Å². The summed E-state index contributed by atoms with van der Waals surface area (Å²) in [7, 11) is 0. The minimum Gasteiger partial charge on any atom is -0.480 e. The summed E-state index contributed by atoms with van der Waals surface area (Å²) in [6, 6.07) is 11.4. The number of hydrogen-bond donors (Lipinski definition) is 9. The highest BCUT2D eigenvalue weighted by Gasteiger charge is 2.31. The van der Waals surface area contributed by atoms with Crippen molar-refractivity contribution in [2.75, 3.05) is 13.2 Å². The van der Waals surface area contributed by atoms with Crippen LogP contribution in [0.15, 0.2) is 65.8 Å². The highest BCUT2D eigenvalue weighted by molar-refractivity contribution is 5.95. The summed E-state index contributed by atoms with van der Waals surface area (Å²) < 4.78 is 0. The summed E-state index contributed by atoms with van der Waals surface area (Å²) >= 11 is 0. The van der Waals surface area contributed by atoms with Crippen LogP contribution in [-0.2, 0) is 32.0 Å². The molecule has 14 nitrogen and oxygen atoms in total. The Labute approximate surface area is 248 Å². The van der Waals surface area contributed by atoms with Crippen LogP contribution < -0.4 is 33.2 Å². The average molecular weight is 595 g/mol. The number of carbonyl (C=O) groups excluding carboxylic acids is 3. The van der Waals surface area contributed by atoms with Gasteiger partial charge in [0.25, 0.3) is 0 Å². The van der Waals surface area contributed by atoms with Gasteiger partial charge in [-0.1, -0.05) is 48.5 Å². The number of nitrogens with zero attached hydrogens (tertiary/aromatic N) is 1. The molecule has 0 spiro atoms. The van der Waals surface area contributed by atoms with Crippen LogP contribution in [0, 0.1) is 0 Å². The molecule has 4 unspecified atom stereocenters. The number of guanidine groups is 1. The summed E-state index contributed by atoms with van der Waals surface area (Å²) in [4.78, 5) is 58.6. The number of hydrogen-bond acceptors (Lipinski definition) is 7. The molecule has 12 N–H and O–H groups in total. The molecule has 2 aromatic carbocycles. The van der Waals surface area contributed by atoms with Gasteiger partial charge in [-0.15, -0.1) is 0 Å². The molecular formula is C29H38N8O6. The van der Waals surface area contributed by atoms with Gasteiger partial charge in [-0.25, -0.2) is 4.79 Å². The van der Waals surface area contributed by atoms with Gasteiger partial charge in [-0.05, 0) is 30.0 Å². The van der Waals surface area contributed by atoms with E-state index in [1.165, 1.54) is 0 Å². The Hall–Kier alpha value is -4.95. The van der Waals surface area contributed by atoms with E-state index in [1.54, 1.807) is 36.5 Å². The molecule has 0 saturated carbocycles. The number of benzene rings is 2. The van der Waals surface area contributed by atoms with E-state index in [0.717, 1.165) is 16.5 Å². The molecule has 0 radical (unpaired) electrons. The maximum Gasteiger partial charge on any atom is 0.326 e. The van der Waals surface area contributed by atoms with Crippen LogP contribution in [-0.4, -0.2) is 82.2 Å². The van der Waals surface area contributed by atoms with Crippen molar-refractivity contribution < 1.29 is 29.4 Å². The predicted molar refractivity (Wildman–Crippen MR) is 161 cm³/mol. The maximum absolute atomic E-state index is 13.7. The molecule has 0 aliphatic rings. The summed E-state index contributed by atoms with van der Waals surface area (Å²) in [5.74, 6) is -3.56. The minimum atomic E-state index is -1.27. The van der Waals surface area contributed by atoms with Gasteiger partial charge in [-0.3, -0.25) is 19.4 Å². The van der Waals surface area contributed by atoms with Crippen molar-refractivity contribution in [2.24, 2.45) is 22.2 Å². The van der Waals surface area contributed by atoms with Crippen LogP contribution in [0.2, 0.25) is 0 Å². The Kier molecular flexibility index (Phi) is 12.0. The normalized spacial score (nSPS) is 13.7. The first kappa shape index (κ1) is 32.6. The Bertz CT molecular complexity index is 1420. The first-order valence-electron chi connectivity index (χ1n) is 13.7. The number of nitrogens with two attached hydrogens (primary N) is 3.